The number of nitrogens with two attached hydrogens (primary N) is 1. The zero-order valence-corrected chi connectivity index (χ0v) is 14.2. The molecule has 13 heteroatoms. The molecule has 10 nitrogen and oxygen atoms in total. The number of amides is 1. The Bertz CT molecular complexity index is 1020. The number of aliphatic hydroxyl groups is 1. The Hall–Kier alpha value is -3.11. The molecule has 0 radical (unpaired) electrons. The van der Waals surface area contributed by atoms with Crippen molar-refractivity contribution in [2.75, 3.05) is 25.5 Å². The van der Waals surface area contributed by atoms with E-state index in [0.29, 0.717) is 6.42 Å². The lowest BCUT2D eigenvalue weighted by atomic mass is 10.1. The third-order valence-electron chi connectivity index (χ3n) is 4.06. The van der Waals surface area contributed by atoms with Gasteiger partial charge in [0.05, 0.1) is 13.2 Å². The summed E-state index contributed by atoms with van der Waals surface area (Å²) in [5.41, 5.74) is 5.24. The zero-order chi connectivity index (χ0) is 20.5. The number of anilines is 1. The molecule has 0 bridgehead atoms. The van der Waals surface area contributed by atoms with Crippen LogP contribution in [0.1, 0.15) is 18.3 Å². The van der Waals surface area contributed by atoms with Gasteiger partial charge in [-0.25, -0.2) is 0 Å². The van der Waals surface area contributed by atoms with Crippen LogP contribution in [0, 0.1) is 17.8 Å². The highest BCUT2D eigenvalue weighted by Gasteiger charge is 2.38. The van der Waals surface area contributed by atoms with Crippen LogP contribution in [0.25, 0.3) is 11.0 Å². The second-order valence-corrected chi connectivity index (χ2v) is 6.00. The maximum Gasteiger partial charge on any atom is 0.471 e. The van der Waals surface area contributed by atoms with E-state index in [1.807, 2.05) is 0 Å². The van der Waals surface area contributed by atoms with Gasteiger partial charge in [0.2, 0.25) is 5.95 Å². The summed E-state index contributed by atoms with van der Waals surface area (Å²) < 4.78 is 43.0. The maximum absolute atomic E-state index is 12.8. The van der Waals surface area contributed by atoms with Gasteiger partial charge in [0.15, 0.2) is 5.65 Å². The van der Waals surface area contributed by atoms with Gasteiger partial charge >= 0.3 is 12.1 Å². The summed E-state index contributed by atoms with van der Waals surface area (Å²) in [5.74, 6) is 2.33. The average molecular weight is 400 g/mol. The molecule has 5 N–H and O–H groups in total. The van der Waals surface area contributed by atoms with Gasteiger partial charge in [-0.1, -0.05) is 5.92 Å². The van der Waals surface area contributed by atoms with E-state index < -0.39 is 30.4 Å². The third-order valence-corrected chi connectivity index (χ3v) is 4.06. The molecular formula is C15H15F3N6O4. The van der Waals surface area contributed by atoms with Gasteiger partial charge in [-0.3, -0.25) is 19.3 Å². The molecule has 1 aliphatic rings. The molecule has 0 aliphatic carbocycles. The molecule has 150 valence electrons. The molecule has 1 unspecified atom stereocenters. The molecular weight excluding hydrogens is 385 g/mol. The number of H-pyrrole nitrogens is 1. The Labute approximate surface area is 154 Å². The van der Waals surface area contributed by atoms with Gasteiger partial charge in [0, 0.05) is 18.9 Å². The topological polar surface area (TPSA) is 148 Å². The molecule has 28 heavy (non-hydrogen) atoms. The molecule has 1 amide bonds. The summed E-state index contributed by atoms with van der Waals surface area (Å²) in [6, 6.07) is 0. The lowest BCUT2D eigenvalue weighted by Gasteiger charge is -2.15. The molecule has 1 fully saturated rings. The number of nitrogens with zero attached hydrogens (tertiary/aromatic N) is 3. The second kappa shape index (κ2) is 7.49. The van der Waals surface area contributed by atoms with Crippen LogP contribution in [0.5, 0.6) is 0 Å². The van der Waals surface area contributed by atoms with Crippen molar-refractivity contribution in [2.45, 2.75) is 18.8 Å². The highest BCUT2D eigenvalue weighted by molar-refractivity contribution is 5.82. The second-order valence-electron chi connectivity index (χ2n) is 6.00. The first-order valence-corrected chi connectivity index (χ1v) is 8.04. The van der Waals surface area contributed by atoms with E-state index in [-0.39, 0.29) is 41.8 Å². The van der Waals surface area contributed by atoms with E-state index >= 15 is 0 Å². The summed E-state index contributed by atoms with van der Waals surface area (Å²) >= 11 is 0. The fraction of sp³-hybridized carbons (Fsp3) is 0.467. The SMILES string of the molecule is Nc1nc2[nH]nc(C#CCNC(=O)C(F)(F)F)c2c(=O)n1[C@H]1CC(CO)CO1. The number of nitrogens with one attached hydrogen (secondary N) is 2. The van der Waals surface area contributed by atoms with E-state index in [9.17, 15) is 27.9 Å². The van der Waals surface area contributed by atoms with Crippen LogP contribution in [-0.2, 0) is 9.53 Å². The van der Waals surface area contributed by atoms with E-state index in [4.69, 9.17) is 10.5 Å². The fourth-order valence-corrected chi connectivity index (χ4v) is 2.71. The lowest BCUT2D eigenvalue weighted by Crippen LogP contribution is -2.36. The Morgan fingerprint density at radius 2 is 2.25 bits per heavy atom. The van der Waals surface area contributed by atoms with Crippen molar-refractivity contribution in [1.82, 2.24) is 25.1 Å². The number of carbonyl (C=O) groups excluding carboxylic acids is 1. The fourth-order valence-electron chi connectivity index (χ4n) is 2.71. The van der Waals surface area contributed by atoms with Crippen LogP contribution in [0.4, 0.5) is 19.1 Å². The first kappa shape index (κ1) is 19.6. The molecule has 0 spiro atoms. The predicted octanol–water partition coefficient (Wildman–Crippen LogP) is -0.741. The number of aromatic amines is 1. The Balaban J connectivity index is 1.88. The number of hydrogen-bond acceptors (Lipinski definition) is 7. The summed E-state index contributed by atoms with van der Waals surface area (Å²) in [7, 11) is 0. The number of rotatable bonds is 3. The van der Waals surface area contributed by atoms with Gasteiger partial charge in [0.1, 0.15) is 17.3 Å². The number of fused-ring (bicyclic) bond motifs is 1. The largest absolute Gasteiger partial charge is 0.471 e. The maximum atomic E-state index is 12.8. The molecule has 2 aromatic heterocycles. The Morgan fingerprint density at radius 1 is 1.50 bits per heavy atom. The van der Waals surface area contributed by atoms with Crippen molar-refractivity contribution in [3.05, 3.63) is 16.0 Å². The van der Waals surface area contributed by atoms with Crippen molar-refractivity contribution < 1.29 is 27.8 Å². The van der Waals surface area contributed by atoms with Gasteiger partial charge in [-0.15, -0.1) is 0 Å². The van der Waals surface area contributed by atoms with E-state index in [0.717, 1.165) is 4.57 Å². The van der Waals surface area contributed by atoms with Crippen LogP contribution in [0.15, 0.2) is 4.79 Å². The zero-order valence-electron chi connectivity index (χ0n) is 14.2. The van der Waals surface area contributed by atoms with Crippen molar-refractivity contribution in [3.63, 3.8) is 0 Å². The summed E-state index contributed by atoms with van der Waals surface area (Å²) in [6.45, 7) is -0.442. The minimum absolute atomic E-state index is 0.0140. The summed E-state index contributed by atoms with van der Waals surface area (Å²) in [6.07, 6.45) is -5.37. The molecule has 1 aliphatic heterocycles. The third kappa shape index (κ3) is 3.78. The molecule has 1 saturated heterocycles. The standard InChI is InChI=1S/C15H15F3N6O4/c16-15(17,18)13(27)20-3-1-2-8-10-11(23-22-8)21-14(19)24(12(10)26)9-4-7(5-25)6-28-9/h7,9,25H,3-6H2,(H,20,27)(H3,19,21,22,23)/t7?,9-/m1/s1. The number of ether oxygens (including phenoxy) is 1. The number of halogens is 3. The molecule has 0 saturated carbocycles. The molecule has 0 aromatic carbocycles. The number of carbonyl (C=O) groups is 1. The summed E-state index contributed by atoms with van der Waals surface area (Å²) in [5, 5.41) is 17.1. The van der Waals surface area contributed by atoms with E-state index in [2.05, 4.69) is 27.0 Å². The average Bonchev–Trinajstić information content (AvgIpc) is 3.24. The highest BCUT2D eigenvalue weighted by atomic mass is 19.4. The van der Waals surface area contributed by atoms with E-state index in [1.165, 1.54) is 0 Å². The molecule has 3 heterocycles. The first-order valence-electron chi connectivity index (χ1n) is 8.04. The first-order chi connectivity index (χ1) is 13.2. The van der Waals surface area contributed by atoms with Gasteiger partial charge in [0.25, 0.3) is 5.56 Å². The normalized spacial score (nSPS) is 19.4. The predicted molar refractivity (Wildman–Crippen MR) is 88.7 cm³/mol. The van der Waals surface area contributed by atoms with Crippen molar-refractivity contribution in [3.8, 4) is 11.8 Å². The number of hydrogen-bond donors (Lipinski definition) is 4. The van der Waals surface area contributed by atoms with Crippen LogP contribution in [-0.4, -0.2) is 56.7 Å². The monoisotopic (exact) mass is 400 g/mol. The Morgan fingerprint density at radius 3 is 2.89 bits per heavy atom. The lowest BCUT2D eigenvalue weighted by molar-refractivity contribution is -0.173. The minimum Gasteiger partial charge on any atom is -0.396 e. The van der Waals surface area contributed by atoms with Crippen LogP contribution < -0.4 is 16.6 Å². The smallest absolute Gasteiger partial charge is 0.396 e. The van der Waals surface area contributed by atoms with Gasteiger partial charge in [-0.2, -0.15) is 23.3 Å². The number of aromatic nitrogens is 4. The minimum atomic E-state index is -5.01. The van der Waals surface area contributed by atoms with Gasteiger partial charge in [-0.05, 0) is 5.92 Å². The van der Waals surface area contributed by atoms with Crippen LogP contribution >= 0.6 is 0 Å². The van der Waals surface area contributed by atoms with E-state index in [1.54, 1.807) is 5.32 Å². The van der Waals surface area contributed by atoms with Crippen molar-refractivity contribution >= 4 is 22.9 Å². The molecule has 2 aromatic rings. The number of alkyl halides is 3. The molecule has 3 rings (SSSR count). The van der Waals surface area contributed by atoms with Crippen molar-refractivity contribution in [1.29, 1.82) is 0 Å². The van der Waals surface area contributed by atoms with Crippen LogP contribution in [0.3, 0.4) is 0 Å². The number of nitrogen functional groups attached to an aromatic ring is 1. The molecule has 2 atom stereocenters. The summed E-state index contributed by atoms with van der Waals surface area (Å²) in [4.78, 5) is 27.6. The Kier molecular flexibility index (Phi) is 5.25. The van der Waals surface area contributed by atoms with Crippen molar-refractivity contribution in [2.24, 2.45) is 5.92 Å². The van der Waals surface area contributed by atoms with Gasteiger partial charge < -0.3 is 20.9 Å². The quantitative estimate of drug-likeness (QED) is 0.496. The highest BCUT2D eigenvalue weighted by Crippen LogP contribution is 2.28. The van der Waals surface area contributed by atoms with Crippen LogP contribution in [0.2, 0.25) is 0 Å². The number of aliphatic hydroxyl groups excluding tert-OH is 1.